The van der Waals surface area contributed by atoms with E-state index >= 15 is 17.6 Å². The van der Waals surface area contributed by atoms with Gasteiger partial charge in [0.05, 0.1) is 28.0 Å². The van der Waals surface area contributed by atoms with Crippen LogP contribution in [0.2, 0.25) is 0 Å². The first-order valence-corrected chi connectivity index (χ1v) is 17.6. The standard InChI is InChI=1S/C40H39F4N7O2/c1-6-26-29(41)11-10-24-18-25(38(3,4)22-45)19-27(32(24)26)34-33(42)35-28(20-46-34)36(49(5)21-30-40(43,44)14-17-51(30)31(52)7-2)48-37(47-35)53-23-39-12-8-15-50(39)16-9-13-39/h1,7,10-11,18-20,30H,2,8-9,12-17,21,23H2,3-5H3/t30-/m1/s1. The van der Waals surface area contributed by atoms with Crippen molar-refractivity contribution >= 4 is 33.4 Å². The smallest absolute Gasteiger partial charge is 0.319 e. The highest BCUT2D eigenvalue weighted by Crippen LogP contribution is 2.42. The van der Waals surface area contributed by atoms with Gasteiger partial charge >= 0.3 is 6.01 Å². The summed E-state index contributed by atoms with van der Waals surface area (Å²) >= 11 is 0. The molecule has 13 heteroatoms. The number of ether oxygens (including phenoxy) is 1. The van der Waals surface area contributed by atoms with E-state index in [2.05, 4.69) is 38.4 Å². The Bertz CT molecular complexity index is 2230. The predicted molar refractivity (Wildman–Crippen MR) is 194 cm³/mol. The number of hydrogen-bond donors (Lipinski definition) is 0. The number of aromatic nitrogens is 3. The van der Waals surface area contributed by atoms with Crippen LogP contribution in [0.1, 0.15) is 57.1 Å². The van der Waals surface area contributed by atoms with E-state index in [0.717, 1.165) is 49.7 Å². The molecule has 7 rings (SSSR count). The van der Waals surface area contributed by atoms with Crippen LogP contribution in [-0.2, 0) is 10.2 Å². The first-order valence-electron chi connectivity index (χ1n) is 17.6. The molecule has 3 fully saturated rings. The SMILES string of the molecule is C#Cc1c(F)ccc2cc(C(C)(C)C#N)cc(-c3ncc4c(N(C)C[C@H]5N(C(=O)C=C)CCC5(F)F)nc(OCC56CCCN5CCC6)nc4c3F)c12. The van der Waals surface area contributed by atoms with E-state index < -0.39 is 41.3 Å². The molecule has 5 heterocycles. The lowest BCUT2D eigenvalue weighted by Crippen LogP contribution is -2.48. The molecule has 4 aromatic rings. The molecule has 3 saturated heterocycles. The number of nitrogens with zero attached hydrogens (tertiary/aromatic N) is 7. The van der Waals surface area contributed by atoms with Crippen LogP contribution in [0, 0.1) is 35.3 Å². The van der Waals surface area contributed by atoms with E-state index in [1.54, 1.807) is 26.0 Å². The number of amides is 1. The highest BCUT2D eigenvalue weighted by molar-refractivity contribution is 6.02. The van der Waals surface area contributed by atoms with Gasteiger partial charge in [-0.15, -0.1) is 6.42 Å². The van der Waals surface area contributed by atoms with Crippen molar-refractivity contribution in [2.24, 2.45) is 0 Å². The van der Waals surface area contributed by atoms with Crippen LogP contribution < -0.4 is 9.64 Å². The fourth-order valence-corrected chi connectivity index (χ4v) is 8.20. The number of nitriles is 1. The zero-order chi connectivity index (χ0) is 37.9. The number of hydrogen-bond acceptors (Lipinski definition) is 8. The summed E-state index contributed by atoms with van der Waals surface area (Å²) in [5.74, 6) is -2.95. The van der Waals surface area contributed by atoms with E-state index in [-0.39, 0.29) is 70.2 Å². The van der Waals surface area contributed by atoms with Gasteiger partial charge in [0.15, 0.2) is 5.82 Å². The van der Waals surface area contributed by atoms with Crippen LogP contribution in [0.5, 0.6) is 6.01 Å². The highest BCUT2D eigenvalue weighted by atomic mass is 19.3. The summed E-state index contributed by atoms with van der Waals surface area (Å²) in [6, 6.07) is 6.63. The van der Waals surface area contributed by atoms with E-state index in [1.165, 1.54) is 30.3 Å². The van der Waals surface area contributed by atoms with Crippen molar-refractivity contribution in [3.05, 3.63) is 65.9 Å². The lowest BCUT2D eigenvalue weighted by atomic mass is 9.82. The fourth-order valence-electron chi connectivity index (χ4n) is 8.20. The van der Waals surface area contributed by atoms with Crippen LogP contribution in [0.3, 0.4) is 0 Å². The zero-order valence-corrected chi connectivity index (χ0v) is 29.9. The molecule has 3 aliphatic rings. The van der Waals surface area contributed by atoms with Gasteiger partial charge in [-0.2, -0.15) is 15.2 Å². The van der Waals surface area contributed by atoms with Crippen LogP contribution in [0.25, 0.3) is 32.9 Å². The van der Waals surface area contributed by atoms with Gasteiger partial charge < -0.3 is 14.5 Å². The molecule has 2 aromatic carbocycles. The molecule has 9 nitrogen and oxygen atoms in total. The second-order valence-corrected chi connectivity index (χ2v) is 14.8. The number of rotatable bonds is 9. The Morgan fingerprint density at radius 3 is 2.58 bits per heavy atom. The Balaban J connectivity index is 1.40. The molecule has 0 spiro atoms. The van der Waals surface area contributed by atoms with Gasteiger partial charge in [-0.1, -0.05) is 18.6 Å². The monoisotopic (exact) mass is 725 g/mol. The second-order valence-electron chi connectivity index (χ2n) is 14.8. The number of likely N-dealkylation sites (tertiary alicyclic amines) is 1. The predicted octanol–water partition coefficient (Wildman–Crippen LogP) is 6.77. The minimum atomic E-state index is -3.20. The summed E-state index contributed by atoms with van der Waals surface area (Å²) < 4.78 is 69.2. The van der Waals surface area contributed by atoms with Crippen LogP contribution >= 0.6 is 0 Å². The number of carbonyl (C=O) groups is 1. The second kappa shape index (κ2) is 13.3. The molecule has 274 valence electrons. The minimum absolute atomic E-state index is 0.0726. The Morgan fingerprint density at radius 2 is 1.91 bits per heavy atom. The van der Waals surface area contributed by atoms with Crippen molar-refractivity contribution in [2.45, 2.75) is 68.9 Å². The Labute approximate surface area is 305 Å². The number of terminal acetylenes is 1. The first kappa shape index (κ1) is 36.1. The minimum Gasteiger partial charge on any atom is -0.461 e. The summed E-state index contributed by atoms with van der Waals surface area (Å²) in [4.78, 5) is 31.1. The van der Waals surface area contributed by atoms with Crippen molar-refractivity contribution in [1.29, 1.82) is 5.26 Å². The normalized spacial score (nSPS) is 19.3. The molecule has 1 amide bonds. The molecule has 0 saturated carbocycles. The van der Waals surface area contributed by atoms with Gasteiger partial charge in [0.25, 0.3) is 5.92 Å². The first-order chi connectivity index (χ1) is 25.2. The van der Waals surface area contributed by atoms with Crippen molar-refractivity contribution in [3.8, 4) is 35.7 Å². The maximum Gasteiger partial charge on any atom is 0.319 e. The Hall–Kier alpha value is -5.27. The summed E-state index contributed by atoms with van der Waals surface area (Å²) in [6.45, 7) is 8.54. The summed E-state index contributed by atoms with van der Waals surface area (Å²) in [5, 5.41) is 10.8. The topological polar surface area (TPSA) is 98.5 Å². The average molecular weight is 726 g/mol. The number of carbonyl (C=O) groups excluding carboxylic acids is 1. The quantitative estimate of drug-likeness (QED) is 0.106. The van der Waals surface area contributed by atoms with E-state index in [4.69, 9.17) is 11.2 Å². The largest absolute Gasteiger partial charge is 0.461 e. The number of benzene rings is 2. The number of fused-ring (bicyclic) bond motifs is 3. The molecule has 0 bridgehead atoms. The van der Waals surface area contributed by atoms with Gasteiger partial charge in [-0.25, -0.2) is 17.6 Å². The molecular weight excluding hydrogens is 686 g/mol. The molecule has 0 unspecified atom stereocenters. The third-order valence-corrected chi connectivity index (χ3v) is 11.2. The number of pyridine rings is 1. The highest BCUT2D eigenvalue weighted by Gasteiger charge is 2.51. The van der Waals surface area contributed by atoms with E-state index in [0.29, 0.717) is 10.9 Å². The molecule has 0 radical (unpaired) electrons. The van der Waals surface area contributed by atoms with Crippen molar-refractivity contribution in [3.63, 3.8) is 0 Å². The molecule has 2 aromatic heterocycles. The summed E-state index contributed by atoms with van der Waals surface area (Å²) in [5.41, 5.74) is -1.05. The van der Waals surface area contributed by atoms with Crippen molar-refractivity contribution in [2.75, 3.05) is 44.7 Å². The summed E-state index contributed by atoms with van der Waals surface area (Å²) in [6.07, 6.45) is 11.5. The van der Waals surface area contributed by atoms with Gasteiger partial charge in [-0.3, -0.25) is 14.7 Å². The van der Waals surface area contributed by atoms with Gasteiger partial charge in [0.2, 0.25) is 5.91 Å². The van der Waals surface area contributed by atoms with Crippen LogP contribution in [-0.4, -0.2) is 88.0 Å². The maximum atomic E-state index is 17.2. The molecule has 0 aliphatic carbocycles. The third kappa shape index (κ3) is 6.11. The lowest BCUT2D eigenvalue weighted by molar-refractivity contribution is -0.130. The number of halogens is 4. The number of anilines is 1. The third-order valence-electron chi connectivity index (χ3n) is 11.2. The van der Waals surface area contributed by atoms with Crippen molar-refractivity contribution in [1.82, 2.24) is 24.8 Å². The Morgan fingerprint density at radius 1 is 1.17 bits per heavy atom. The zero-order valence-electron chi connectivity index (χ0n) is 29.9. The molecular formula is C40H39F4N7O2. The Kier molecular flexibility index (Phi) is 9.06. The molecule has 53 heavy (non-hydrogen) atoms. The number of alkyl halides is 2. The van der Waals surface area contributed by atoms with Crippen LogP contribution in [0.15, 0.2) is 43.1 Å². The maximum absolute atomic E-state index is 17.2. The van der Waals surface area contributed by atoms with Gasteiger partial charge in [0, 0.05) is 43.7 Å². The van der Waals surface area contributed by atoms with E-state index in [1.807, 2.05) is 0 Å². The number of likely N-dealkylation sites (N-methyl/N-ethyl adjacent to an activating group) is 1. The van der Waals surface area contributed by atoms with Crippen LogP contribution in [0.4, 0.5) is 23.4 Å². The fraction of sp³-hybridized carbons (Fsp3) is 0.425. The van der Waals surface area contributed by atoms with Gasteiger partial charge in [-0.05, 0) is 87.8 Å². The summed E-state index contributed by atoms with van der Waals surface area (Å²) in [7, 11) is 1.53. The van der Waals surface area contributed by atoms with Gasteiger partial charge in [0.1, 0.15) is 35.5 Å². The van der Waals surface area contributed by atoms with Crippen molar-refractivity contribution < 1.29 is 27.1 Å². The molecule has 1 atom stereocenters. The average Bonchev–Trinajstić information content (AvgIpc) is 3.82. The lowest BCUT2D eigenvalue weighted by Gasteiger charge is -2.32. The molecule has 0 N–H and O–H groups in total. The van der Waals surface area contributed by atoms with E-state index in [9.17, 15) is 10.1 Å². The molecule has 3 aliphatic heterocycles.